The third kappa shape index (κ3) is 3.75. The van der Waals surface area contributed by atoms with Crippen LogP contribution >= 0.6 is 11.8 Å². The fraction of sp³-hybridized carbons (Fsp3) is 0.375. The highest BCUT2D eigenvalue weighted by atomic mass is 32.2. The first-order chi connectivity index (χ1) is 11.4. The maximum absolute atomic E-state index is 12.7. The number of imidazole rings is 1. The molecule has 1 N–H and O–H groups in total. The first-order valence-electron chi connectivity index (χ1n) is 7.60. The van der Waals surface area contributed by atoms with Gasteiger partial charge in [-0.1, -0.05) is 18.2 Å². The summed E-state index contributed by atoms with van der Waals surface area (Å²) in [5.74, 6) is -0.0144. The number of halogens is 3. The third-order valence-corrected chi connectivity index (χ3v) is 5.06. The molecular formula is C16H16F3N3OS. The van der Waals surface area contributed by atoms with Gasteiger partial charge in [-0.05, 0) is 37.1 Å². The van der Waals surface area contributed by atoms with Gasteiger partial charge in [0, 0.05) is 24.6 Å². The van der Waals surface area contributed by atoms with Gasteiger partial charge in [0.15, 0.2) is 5.16 Å². The largest absolute Gasteiger partial charge is 0.416 e. The van der Waals surface area contributed by atoms with E-state index in [-0.39, 0.29) is 11.2 Å². The molecule has 0 radical (unpaired) electrons. The van der Waals surface area contributed by atoms with Crippen LogP contribution in [0.25, 0.3) is 5.69 Å². The molecule has 1 atom stereocenters. The summed E-state index contributed by atoms with van der Waals surface area (Å²) in [6.07, 6.45) is 1.57. The topological polar surface area (TPSA) is 46.9 Å². The maximum Gasteiger partial charge on any atom is 0.416 e. The van der Waals surface area contributed by atoms with Crippen LogP contribution in [0.1, 0.15) is 24.8 Å². The molecule has 0 unspecified atom stereocenters. The van der Waals surface area contributed by atoms with E-state index >= 15 is 0 Å². The van der Waals surface area contributed by atoms with Gasteiger partial charge in [-0.25, -0.2) is 4.98 Å². The number of alkyl halides is 3. The van der Waals surface area contributed by atoms with Crippen molar-refractivity contribution >= 4 is 17.7 Å². The van der Waals surface area contributed by atoms with Crippen molar-refractivity contribution in [1.82, 2.24) is 14.9 Å². The van der Waals surface area contributed by atoms with Gasteiger partial charge in [0.2, 0.25) is 5.91 Å². The lowest BCUT2D eigenvalue weighted by Crippen LogP contribution is -2.30. The quantitative estimate of drug-likeness (QED) is 0.914. The van der Waals surface area contributed by atoms with Crippen LogP contribution in [-0.4, -0.2) is 27.3 Å². The first-order valence-corrected chi connectivity index (χ1v) is 8.48. The molecule has 1 fully saturated rings. The van der Waals surface area contributed by atoms with Crippen LogP contribution in [0.4, 0.5) is 13.2 Å². The summed E-state index contributed by atoms with van der Waals surface area (Å²) in [7, 11) is 0. The van der Waals surface area contributed by atoms with E-state index < -0.39 is 11.7 Å². The van der Waals surface area contributed by atoms with Crippen molar-refractivity contribution in [3.8, 4) is 5.69 Å². The van der Waals surface area contributed by atoms with Crippen molar-refractivity contribution in [3.05, 3.63) is 42.2 Å². The van der Waals surface area contributed by atoms with Crippen molar-refractivity contribution in [3.63, 3.8) is 0 Å². The SMILES string of the molecule is O=C1NCCCC[C@@H]1Sc1nccn1-c1ccc(C(F)(F)F)cc1. The molecule has 128 valence electrons. The molecule has 3 rings (SSSR count). The normalized spacial score (nSPS) is 19.0. The molecule has 0 aliphatic carbocycles. The molecule has 1 aliphatic heterocycles. The highest BCUT2D eigenvalue weighted by molar-refractivity contribution is 8.00. The van der Waals surface area contributed by atoms with E-state index in [0.717, 1.165) is 31.4 Å². The van der Waals surface area contributed by atoms with E-state index in [2.05, 4.69) is 10.3 Å². The summed E-state index contributed by atoms with van der Waals surface area (Å²) in [6, 6.07) is 4.90. The highest BCUT2D eigenvalue weighted by Crippen LogP contribution is 2.31. The number of hydrogen-bond donors (Lipinski definition) is 1. The Bertz CT molecular complexity index is 712. The Morgan fingerprint density at radius 2 is 1.96 bits per heavy atom. The average Bonchev–Trinajstić information content (AvgIpc) is 2.91. The van der Waals surface area contributed by atoms with Crippen molar-refractivity contribution < 1.29 is 18.0 Å². The third-order valence-electron chi connectivity index (χ3n) is 3.81. The number of aromatic nitrogens is 2. The van der Waals surface area contributed by atoms with Gasteiger partial charge in [0.1, 0.15) is 0 Å². The minimum atomic E-state index is -4.36. The lowest BCUT2D eigenvalue weighted by atomic mass is 10.2. The fourth-order valence-electron chi connectivity index (χ4n) is 2.54. The summed E-state index contributed by atoms with van der Waals surface area (Å²) >= 11 is 1.34. The molecule has 1 aliphatic rings. The van der Waals surface area contributed by atoms with Crippen LogP contribution in [-0.2, 0) is 11.0 Å². The zero-order valence-corrected chi connectivity index (χ0v) is 13.5. The van der Waals surface area contributed by atoms with E-state index in [1.807, 2.05) is 0 Å². The summed E-state index contributed by atoms with van der Waals surface area (Å²) in [5, 5.41) is 3.23. The van der Waals surface area contributed by atoms with Crippen LogP contribution in [0.2, 0.25) is 0 Å². The molecule has 0 bridgehead atoms. The van der Waals surface area contributed by atoms with E-state index in [4.69, 9.17) is 0 Å². The molecule has 2 aromatic rings. The van der Waals surface area contributed by atoms with Gasteiger partial charge in [0.25, 0.3) is 0 Å². The summed E-state index contributed by atoms with van der Waals surface area (Å²) in [4.78, 5) is 16.3. The Kier molecular flexibility index (Phi) is 4.84. The standard InChI is InChI=1S/C16H16F3N3OS/c17-16(18,19)11-4-6-12(7-5-11)22-10-9-21-15(22)24-13-3-1-2-8-20-14(13)23/h4-7,9-10,13H,1-3,8H2,(H,20,23)/t13-/m0/s1. The zero-order valence-electron chi connectivity index (χ0n) is 12.7. The van der Waals surface area contributed by atoms with Crippen LogP contribution in [0.15, 0.2) is 41.8 Å². The number of rotatable bonds is 3. The minimum Gasteiger partial charge on any atom is -0.355 e. The second-order valence-corrected chi connectivity index (χ2v) is 6.69. The average molecular weight is 355 g/mol. The number of thioether (sulfide) groups is 1. The molecular weight excluding hydrogens is 339 g/mol. The van der Waals surface area contributed by atoms with Crippen molar-refractivity contribution in [2.24, 2.45) is 0 Å². The maximum atomic E-state index is 12.7. The number of amides is 1. The van der Waals surface area contributed by atoms with Gasteiger partial charge in [0.05, 0.1) is 10.8 Å². The van der Waals surface area contributed by atoms with Crippen LogP contribution in [0, 0.1) is 0 Å². The minimum absolute atomic E-state index is 0.0144. The second kappa shape index (κ2) is 6.88. The first kappa shape index (κ1) is 16.9. The molecule has 24 heavy (non-hydrogen) atoms. The fourth-order valence-corrected chi connectivity index (χ4v) is 3.67. The number of nitrogens with zero attached hydrogens (tertiary/aromatic N) is 2. The lowest BCUT2D eigenvalue weighted by Gasteiger charge is -2.14. The van der Waals surface area contributed by atoms with Gasteiger partial charge >= 0.3 is 6.18 Å². The highest BCUT2D eigenvalue weighted by Gasteiger charge is 2.30. The Hall–Kier alpha value is -1.96. The number of hydrogen-bond acceptors (Lipinski definition) is 3. The predicted octanol–water partition coefficient (Wildman–Crippen LogP) is 3.65. The molecule has 0 saturated carbocycles. The number of nitrogens with one attached hydrogen (secondary N) is 1. The smallest absolute Gasteiger partial charge is 0.355 e. The Morgan fingerprint density at radius 1 is 1.21 bits per heavy atom. The van der Waals surface area contributed by atoms with E-state index in [0.29, 0.717) is 17.4 Å². The van der Waals surface area contributed by atoms with Crippen LogP contribution < -0.4 is 5.32 Å². The van der Waals surface area contributed by atoms with Crippen LogP contribution in [0.3, 0.4) is 0 Å². The summed E-state index contributed by atoms with van der Waals surface area (Å²) in [6.45, 7) is 0.684. The molecule has 1 amide bonds. The van der Waals surface area contributed by atoms with Gasteiger partial charge in [-0.3, -0.25) is 9.36 Å². The summed E-state index contributed by atoms with van der Waals surface area (Å²) in [5.41, 5.74) is -0.110. The Balaban J connectivity index is 1.81. The van der Waals surface area contributed by atoms with Crippen molar-refractivity contribution in [1.29, 1.82) is 0 Å². The Morgan fingerprint density at radius 3 is 2.67 bits per heavy atom. The van der Waals surface area contributed by atoms with Crippen molar-refractivity contribution in [2.75, 3.05) is 6.54 Å². The van der Waals surface area contributed by atoms with E-state index in [9.17, 15) is 18.0 Å². The number of carbonyl (C=O) groups is 1. The number of benzene rings is 1. The second-order valence-electron chi connectivity index (χ2n) is 5.52. The molecule has 8 heteroatoms. The monoisotopic (exact) mass is 355 g/mol. The molecule has 1 aromatic carbocycles. The summed E-state index contributed by atoms with van der Waals surface area (Å²) < 4.78 is 39.7. The van der Waals surface area contributed by atoms with Gasteiger partial charge < -0.3 is 5.32 Å². The zero-order chi connectivity index (χ0) is 17.2. The lowest BCUT2D eigenvalue weighted by molar-refractivity contribution is -0.137. The van der Waals surface area contributed by atoms with Gasteiger partial charge in [-0.15, -0.1) is 0 Å². The molecule has 1 saturated heterocycles. The van der Waals surface area contributed by atoms with E-state index in [1.165, 1.54) is 23.9 Å². The molecule has 1 aromatic heterocycles. The molecule has 4 nitrogen and oxygen atoms in total. The predicted molar refractivity (Wildman–Crippen MR) is 85.1 cm³/mol. The van der Waals surface area contributed by atoms with Crippen molar-refractivity contribution in [2.45, 2.75) is 35.8 Å². The number of carbonyl (C=O) groups excluding carboxylic acids is 1. The molecule has 2 heterocycles. The Labute approximate surface area is 141 Å². The van der Waals surface area contributed by atoms with Gasteiger partial charge in [-0.2, -0.15) is 13.2 Å². The molecule has 0 spiro atoms. The van der Waals surface area contributed by atoms with Crippen LogP contribution in [0.5, 0.6) is 0 Å². The van der Waals surface area contributed by atoms with E-state index in [1.54, 1.807) is 17.0 Å².